The molecule has 0 aromatic heterocycles. The number of hydrogen-bond acceptors (Lipinski definition) is 9. The third kappa shape index (κ3) is 14.4. The highest BCUT2D eigenvalue weighted by atomic mass is 32.2. The predicted molar refractivity (Wildman–Crippen MR) is 194 cm³/mol. The van der Waals surface area contributed by atoms with E-state index in [4.69, 9.17) is 0 Å². The first-order valence-electron chi connectivity index (χ1n) is 21.4. The van der Waals surface area contributed by atoms with Gasteiger partial charge in [-0.2, -0.15) is 249 Å². The van der Waals surface area contributed by atoms with Crippen LogP contribution in [0.2, 0.25) is 0 Å². The van der Waals surface area contributed by atoms with Gasteiger partial charge in [0.2, 0.25) is 0 Å². The monoisotopic (exact) mass is 1620 g/mol. The van der Waals surface area contributed by atoms with Crippen LogP contribution in [0.1, 0.15) is 19.3 Å². The molecule has 96 heavy (non-hydrogen) atoms. The molecule has 0 radical (unpaired) electrons. The van der Waals surface area contributed by atoms with Crippen LogP contribution < -0.4 is 0 Å². The summed E-state index contributed by atoms with van der Waals surface area (Å²) < 4.78 is 777. The highest BCUT2D eigenvalue weighted by Crippen LogP contribution is 2.68. The van der Waals surface area contributed by atoms with E-state index >= 15 is 0 Å². The topological polar surface area (TPSA) is 130 Å². The van der Waals surface area contributed by atoms with Crippen molar-refractivity contribution >= 4 is 30.4 Å². The molecule has 9 nitrogen and oxygen atoms in total. The third-order valence-electron chi connectivity index (χ3n) is 11.5. The van der Waals surface area contributed by atoms with Gasteiger partial charge in [0.1, 0.15) is 6.10 Å². The SMILES string of the molecule is O=S(=O)(CCC(F)(F)C(F)(F)C(F)(F)C(F)(F)C(F)(F)C(F)(F)C(F)(F)C(F)(F)F)OCC(COS(=O)(=O)CCC(F)(F)C(F)(F)C(F)(F)C(F)(F)C(F)(F)C(F)(F)C(F)(F)C(F)(F)F)OS(=O)(=O)CCC(F)(F)C(F)(F)C(F)(F)C(F)(F)C(F)(F)C(F)(F)C(F)(F)C(F)(F)F. The molecule has 0 aliphatic rings. The second-order valence-corrected chi connectivity index (χ2v) is 23.5. The molecule has 0 atom stereocenters. The lowest BCUT2D eigenvalue weighted by Crippen LogP contribution is -2.74. The third-order valence-corrected chi connectivity index (χ3v) is 15.2. The van der Waals surface area contributed by atoms with Crippen LogP contribution in [0.15, 0.2) is 0 Å². The number of hydrogen-bond donors (Lipinski definition) is 0. The summed E-state index contributed by atoms with van der Waals surface area (Å²) in [5.74, 6) is -200. The number of alkyl halides is 51. The summed E-state index contributed by atoms with van der Waals surface area (Å²) in [6.07, 6.45) is -42.2. The molecule has 0 N–H and O–H groups in total. The summed E-state index contributed by atoms with van der Waals surface area (Å²) in [4.78, 5) is 0. The Hall–Kier alpha value is -3.84. The van der Waals surface area contributed by atoms with E-state index in [0.29, 0.717) is 0 Å². The van der Waals surface area contributed by atoms with Gasteiger partial charge in [-0.3, -0.25) is 12.5 Å². The van der Waals surface area contributed by atoms with E-state index in [-0.39, 0.29) is 0 Å². The first-order valence-corrected chi connectivity index (χ1v) is 26.2. The van der Waals surface area contributed by atoms with Crippen LogP contribution in [-0.2, 0) is 42.9 Å². The van der Waals surface area contributed by atoms with Crippen LogP contribution in [0, 0.1) is 0 Å². The van der Waals surface area contributed by atoms with Crippen molar-refractivity contribution in [1.82, 2.24) is 0 Å². The summed E-state index contributed by atoms with van der Waals surface area (Å²) in [6.45, 7) is -6.74. The molecule has 578 valence electrons. The molecule has 0 bridgehead atoms. The quantitative estimate of drug-likeness (QED) is 0.0450. The van der Waals surface area contributed by atoms with Crippen molar-refractivity contribution in [1.29, 1.82) is 0 Å². The van der Waals surface area contributed by atoms with Gasteiger partial charge in [0.25, 0.3) is 30.4 Å². The largest absolute Gasteiger partial charge is 0.460 e. The normalized spacial score (nSPS) is 16.9. The minimum Gasteiger partial charge on any atom is -0.267 e. The van der Waals surface area contributed by atoms with Gasteiger partial charge in [-0.25, -0.2) is 0 Å². The molecule has 0 spiro atoms. The van der Waals surface area contributed by atoms with Crippen LogP contribution in [0.5, 0.6) is 0 Å². The first kappa shape index (κ1) is 92.2. The van der Waals surface area contributed by atoms with E-state index in [1.54, 1.807) is 0 Å². The van der Waals surface area contributed by atoms with Crippen molar-refractivity contribution in [2.75, 3.05) is 30.5 Å². The van der Waals surface area contributed by atoms with E-state index in [9.17, 15) is 249 Å². The van der Waals surface area contributed by atoms with Crippen LogP contribution in [0.3, 0.4) is 0 Å². The van der Waals surface area contributed by atoms with Gasteiger partial charge in [0.05, 0.1) is 30.5 Å². The van der Waals surface area contributed by atoms with E-state index in [1.807, 2.05) is 0 Å². The van der Waals surface area contributed by atoms with Gasteiger partial charge < -0.3 is 0 Å². The molecule has 0 aromatic carbocycles. The summed E-state index contributed by atoms with van der Waals surface area (Å²) in [7, 11) is -21.8. The van der Waals surface area contributed by atoms with Gasteiger partial charge >= 0.3 is 143 Å². The second kappa shape index (κ2) is 25.0. The number of halogens is 51. The molecule has 0 unspecified atom stereocenters. The molecule has 0 heterocycles. The Morgan fingerprint density at radius 1 is 0.198 bits per heavy atom. The molecule has 63 heteroatoms. The van der Waals surface area contributed by atoms with E-state index in [2.05, 4.69) is 12.5 Å². The first-order chi connectivity index (χ1) is 40.7. The van der Waals surface area contributed by atoms with Crippen molar-refractivity contribution in [3.63, 3.8) is 0 Å². The Balaban J connectivity index is 7.75. The molecule has 0 aliphatic heterocycles. The smallest absolute Gasteiger partial charge is 0.267 e. The minimum atomic E-state index is -9.48. The average molecular weight is 1620 g/mol. The maximum absolute atomic E-state index is 14.5. The zero-order chi connectivity index (χ0) is 78.9. The van der Waals surface area contributed by atoms with Crippen molar-refractivity contribution in [3.8, 4) is 0 Å². The fraction of sp³-hybridized carbons (Fsp3) is 1.00. The molecule has 0 aromatic rings. The fourth-order valence-electron chi connectivity index (χ4n) is 5.66. The molecule has 0 rings (SSSR count). The molecule has 0 amide bonds. The van der Waals surface area contributed by atoms with Gasteiger partial charge in [-0.15, -0.1) is 0 Å². The van der Waals surface area contributed by atoms with E-state index < -0.39 is 229 Å². The maximum Gasteiger partial charge on any atom is 0.460 e. The van der Waals surface area contributed by atoms with Gasteiger partial charge in [-0.1, -0.05) is 0 Å². The van der Waals surface area contributed by atoms with Gasteiger partial charge in [0.15, 0.2) is 0 Å². The standard InChI is InChI=1S/C33H17F51O9S3/c34-10(35,13(40,41)16(46,47)19(52,53)22(58,59)25(64,65)28(70,71)31(76,77)78)1-4-94(85,86)91-7-9(93-96(89,90)6-3-12(38,39)15(44,45)18(50,51)21(56,57)24(62,63)27(68,69)30(74,75)33(82,83)84)8-92-95(87,88)5-2-11(36,37)14(42,43)17(48,49)20(54,55)23(60,61)26(66,67)29(72,73)32(79,80)81/h9H,1-8H2. The summed E-state index contributed by atoms with van der Waals surface area (Å²) in [5.41, 5.74) is 0. The molecule has 0 fully saturated rings. The summed E-state index contributed by atoms with van der Waals surface area (Å²) >= 11 is 0. The van der Waals surface area contributed by atoms with Crippen LogP contribution in [-0.4, -0.2) is 205 Å². The Bertz CT molecular complexity index is 2930. The lowest BCUT2D eigenvalue weighted by atomic mass is 9.88. The van der Waals surface area contributed by atoms with Gasteiger partial charge in [0, 0.05) is 19.3 Å². The zero-order valence-corrected chi connectivity index (χ0v) is 44.9. The molecule has 0 saturated carbocycles. The predicted octanol–water partition coefficient (Wildman–Crippen LogP) is 15.6. The van der Waals surface area contributed by atoms with Crippen molar-refractivity contribution in [3.05, 3.63) is 0 Å². The van der Waals surface area contributed by atoms with Gasteiger partial charge in [-0.05, 0) is 0 Å². The Morgan fingerprint density at radius 3 is 0.490 bits per heavy atom. The molecule has 0 saturated heterocycles. The molecule has 0 aliphatic carbocycles. The Morgan fingerprint density at radius 2 is 0.333 bits per heavy atom. The molecular weight excluding hydrogens is 1610 g/mol. The molecular formula is C33H17F51O9S3. The van der Waals surface area contributed by atoms with Crippen molar-refractivity contribution in [2.24, 2.45) is 0 Å². The Labute approximate surface area is 491 Å². The van der Waals surface area contributed by atoms with E-state index in [0.717, 1.165) is 0 Å². The number of rotatable bonds is 35. The minimum absolute atomic E-state index is 3.22. The van der Waals surface area contributed by atoms with E-state index in [1.165, 1.54) is 0 Å². The zero-order valence-electron chi connectivity index (χ0n) is 42.4. The van der Waals surface area contributed by atoms with Crippen LogP contribution >= 0.6 is 0 Å². The van der Waals surface area contributed by atoms with Crippen LogP contribution in [0.4, 0.5) is 224 Å². The van der Waals surface area contributed by atoms with Crippen molar-refractivity contribution in [2.45, 2.75) is 168 Å². The summed E-state index contributed by atoms with van der Waals surface area (Å²) in [5, 5.41) is 0. The Kier molecular flexibility index (Phi) is 24.0. The second-order valence-electron chi connectivity index (χ2n) is 18.3. The summed E-state index contributed by atoms with van der Waals surface area (Å²) in [6, 6.07) is 0. The lowest BCUT2D eigenvalue weighted by molar-refractivity contribution is -0.461. The van der Waals surface area contributed by atoms with Crippen LogP contribution in [0.25, 0.3) is 0 Å². The highest BCUT2D eigenvalue weighted by Gasteiger charge is 2.98. The lowest BCUT2D eigenvalue weighted by Gasteiger charge is -2.42. The van der Waals surface area contributed by atoms with Crippen molar-refractivity contribution < 1.29 is 262 Å². The fourth-order valence-corrected chi connectivity index (χ4v) is 8.75. The highest BCUT2D eigenvalue weighted by molar-refractivity contribution is 7.87. The average Bonchev–Trinajstić information content (AvgIpc) is 0.709. The maximum atomic E-state index is 14.5.